The lowest BCUT2D eigenvalue weighted by atomic mass is 10.0. The number of carbonyl (C=O) groups excluding carboxylic acids is 1. The summed E-state index contributed by atoms with van der Waals surface area (Å²) < 4.78 is 5.17. The second-order valence-corrected chi connectivity index (χ2v) is 5.78. The van der Waals surface area contributed by atoms with E-state index in [2.05, 4.69) is 12.1 Å². The molecular weight excluding hydrogens is 234 g/mol. The van der Waals surface area contributed by atoms with Crippen LogP contribution in [0.4, 0.5) is 0 Å². The summed E-state index contributed by atoms with van der Waals surface area (Å²) in [5.41, 5.74) is 1.23. The highest BCUT2D eigenvalue weighted by Crippen LogP contribution is 2.52. The van der Waals surface area contributed by atoms with Crippen LogP contribution in [0.3, 0.4) is 0 Å². The van der Waals surface area contributed by atoms with Crippen molar-refractivity contribution >= 4 is 17.7 Å². The van der Waals surface area contributed by atoms with Crippen LogP contribution in [-0.4, -0.2) is 30.2 Å². The van der Waals surface area contributed by atoms with Gasteiger partial charge >= 0.3 is 0 Å². The fourth-order valence-electron chi connectivity index (χ4n) is 2.74. The van der Waals surface area contributed by atoms with Gasteiger partial charge in [-0.05, 0) is 24.1 Å². The van der Waals surface area contributed by atoms with Crippen molar-refractivity contribution in [3.63, 3.8) is 0 Å². The maximum atomic E-state index is 11.8. The zero-order valence-corrected chi connectivity index (χ0v) is 10.6. The number of amides is 1. The molecule has 1 aromatic rings. The zero-order chi connectivity index (χ0) is 11.9. The first-order chi connectivity index (χ1) is 8.26. The minimum absolute atomic E-state index is 0.0939. The molecule has 1 amide bonds. The molecule has 4 heteroatoms. The number of carbonyl (C=O) groups is 1. The topological polar surface area (TPSA) is 29.5 Å². The van der Waals surface area contributed by atoms with Gasteiger partial charge < -0.3 is 9.64 Å². The first-order valence-electron chi connectivity index (χ1n) is 5.85. The van der Waals surface area contributed by atoms with E-state index in [1.807, 2.05) is 28.8 Å². The molecule has 0 N–H and O–H groups in total. The third-order valence-electron chi connectivity index (χ3n) is 3.61. The van der Waals surface area contributed by atoms with E-state index in [1.54, 1.807) is 7.11 Å². The van der Waals surface area contributed by atoms with Gasteiger partial charge in [-0.1, -0.05) is 12.1 Å². The largest absolute Gasteiger partial charge is 0.497 e. The van der Waals surface area contributed by atoms with E-state index in [0.29, 0.717) is 12.3 Å². The Kier molecular flexibility index (Phi) is 2.54. The fraction of sp³-hybridized carbons (Fsp3) is 0.462. The Bertz CT molecular complexity index is 445. The summed E-state index contributed by atoms with van der Waals surface area (Å²) in [4.78, 5) is 13.8. The Hall–Kier alpha value is -1.16. The van der Waals surface area contributed by atoms with Gasteiger partial charge in [-0.15, -0.1) is 11.8 Å². The first-order valence-corrected chi connectivity index (χ1v) is 6.84. The molecule has 3 nitrogen and oxygen atoms in total. The highest BCUT2D eigenvalue weighted by molar-refractivity contribution is 8.00. The van der Waals surface area contributed by atoms with Gasteiger partial charge in [-0.3, -0.25) is 4.79 Å². The molecule has 0 unspecified atom stereocenters. The maximum Gasteiger partial charge on any atom is 0.224 e. The summed E-state index contributed by atoms with van der Waals surface area (Å²) in [5.74, 6) is 2.20. The molecule has 2 aliphatic heterocycles. The number of fused-ring (bicyclic) bond motifs is 1. The summed E-state index contributed by atoms with van der Waals surface area (Å²) in [5, 5.41) is 0. The monoisotopic (exact) mass is 249 g/mol. The molecule has 0 spiro atoms. The van der Waals surface area contributed by atoms with E-state index < -0.39 is 0 Å². The van der Waals surface area contributed by atoms with Crippen LogP contribution in [0.1, 0.15) is 18.4 Å². The van der Waals surface area contributed by atoms with E-state index in [1.165, 1.54) is 5.56 Å². The van der Waals surface area contributed by atoms with Gasteiger partial charge in [0, 0.05) is 18.7 Å². The highest BCUT2D eigenvalue weighted by atomic mass is 32.2. The number of rotatable bonds is 2. The van der Waals surface area contributed by atoms with Crippen LogP contribution in [-0.2, 0) is 9.67 Å². The molecule has 3 rings (SSSR count). The average Bonchev–Trinajstić information content (AvgIpc) is 2.92. The van der Waals surface area contributed by atoms with Crippen molar-refractivity contribution in [3.05, 3.63) is 29.8 Å². The molecule has 1 aromatic carbocycles. The van der Waals surface area contributed by atoms with Crippen molar-refractivity contribution in [1.82, 2.24) is 4.90 Å². The van der Waals surface area contributed by atoms with Gasteiger partial charge in [0.15, 0.2) is 0 Å². The van der Waals surface area contributed by atoms with Crippen molar-refractivity contribution < 1.29 is 9.53 Å². The standard InChI is InChI=1S/C13H15NO2S/c1-16-11-4-2-10(3-5-11)13-7-6-12(15)14(13)8-9-17-13/h2-5H,6-9H2,1H3/t13-/m0/s1. The Labute approximate surface area is 105 Å². The number of ether oxygens (including phenoxy) is 1. The van der Waals surface area contributed by atoms with Gasteiger partial charge in [0.25, 0.3) is 0 Å². The smallest absolute Gasteiger partial charge is 0.224 e. The Morgan fingerprint density at radius 3 is 2.82 bits per heavy atom. The maximum absolute atomic E-state index is 11.8. The Morgan fingerprint density at radius 2 is 2.12 bits per heavy atom. The van der Waals surface area contributed by atoms with Gasteiger partial charge in [0.2, 0.25) is 5.91 Å². The van der Waals surface area contributed by atoms with E-state index in [0.717, 1.165) is 24.5 Å². The van der Waals surface area contributed by atoms with Crippen LogP contribution in [0.2, 0.25) is 0 Å². The summed E-state index contributed by atoms with van der Waals surface area (Å²) in [6, 6.07) is 8.12. The lowest BCUT2D eigenvalue weighted by Crippen LogP contribution is -2.36. The second kappa shape index (κ2) is 3.95. The minimum Gasteiger partial charge on any atom is -0.497 e. The third-order valence-corrected chi connectivity index (χ3v) is 5.14. The quantitative estimate of drug-likeness (QED) is 0.805. The second-order valence-electron chi connectivity index (χ2n) is 4.41. The van der Waals surface area contributed by atoms with Crippen molar-refractivity contribution in [2.24, 2.45) is 0 Å². The zero-order valence-electron chi connectivity index (χ0n) is 9.81. The molecule has 0 bridgehead atoms. The minimum atomic E-state index is -0.0939. The van der Waals surface area contributed by atoms with Gasteiger partial charge in [-0.2, -0.15) is 0 Å². The van der Waals surface area contributed by atoms with E-state index >= 15 is 0 Å². The van der Waals surface area contributed by atoms with Crippen LogP contribution < -0.4 is 4.74 Å². The summed E-state index contributed by atoms with van der Waals surface area (Å²) >= 11 is 1.90. The Morgan fingerprint density at radius 1 is 1.35 bits per heavy atom. The number of hydrogen-bond acceptors (Lipinski definition) is 3. The molecular formula is C13H15NO2S. The molecule has 2 aliphatic rings. The van der Waals surface area contributed by atoms with Crippen molar-refractivity contribution in [2.75, 3.05) is 19.4 Å². The molecule has 1 atom stereocenters. The molecule has 17 heavy (non-hydrogen) atoms. The number of thioether (sulfide) groups is 1. The number of methoxy groups -OCH3 is 1. The summed E-state index contributed by atoms with van der Waals surface area (Å²) in [6.45, 7) is 0.884. The fourth-order valence-corrected chi connectivity index (χ4v) is 4.25. The van der Waals surface area contributed by atoms with Crippen LogP contribution in [0.5, 0.6) is 5.75 Å². The lowest BCUT2D eigenvalue weighted by molar-refractivity contribution is -0.128. The normalized spacial score (nSPS) is 27.4. The molecule has 0 radical (unpaired) electrons. The van der Waals surface area contributed by atoms with Gasteiger partial charge in [0.1, 0.15) is 10.6 Å². The van der Waals surface area contributed by atoms with Crippen LogP contribution in [0, 0.1) is 0 Å². The molecule has 0 saturated carbocycles. The summed E-state index contributed by atoms with van der Waals surface area (Å²) in [7, 11) is 1.67. The third kappa shape index (κ3) is 1.54. The van der Waals surface area contributed by atoms with Crippen molar-refractivity contribution in [3.8, 4) is 5.75 Å². The predicted octanol–water partition coefficient (Wildman–Crippen LogP) is 2.22. The van der Waals surface area contributed by atoms with Crippen LogP contribution in [0.15, 0.2) is 24.3 Å². The molecule has 0 aliphatic carbocycles. The van der Waals surface area contributed by atoms with Crippen molar-refractivity contribution in [2.45, 2.75) is 17.7 Å². The number of benzene rings is 1. The van der Waals surface area contributed by atoms with Crippen LogP contribution in [0.25, 0.3) is 0 Å². The molecule has 0 aromatic heterocycles. The van der Waals surface area contributed by atoms with Gasteiger partial charge in [0.05, 0.1) is 7.11 Å². The number of hydrogen-bond donors (Lipinski definition) is 0. The first kappa shape index (κ1) is 11.0. The number of nitrogens with zero attached hydrogens (tertiary/aromatic N) is 1. The van der Waals surface area contributed by atoms with E-state index in [9.17, 15) is 4.79 Å². The molecule has 2 fully saturated rings. The highest BCUT2D eigenvalue weighted by Gasteiger charge is 2.50. The van der Waals surface area contributed by atoms with Crippen LogP contribution >= 0.6 is 11.8 Å². The Balaban J connectivity index is 1.98. The molecule has 90 valence electrons. The van der Waals surface area contributed by atoms with Gasteiger partial charge in [-0.25, -0.2) is 0 Å². The molecule has 2 saturated heterocycles. The van der Waals surface area contributed by atoms with E-state index in [-0.39, 0.29) is 4.87 Å². The predicted molar refractivity (Wildman–Crippen MR) is 68.1 cm³/mol. The lowest BCUT2D eigenvalue weighted by Gasteiger charge is -2.31. The average molecular weight is 249 g/mol. The molecule has 2 heterocycles. The SMILES string of the molecule is COc1ccc([C@@]23CCC(=O)N2CCS3)cc1. The van der Waals surface area contributed by atoms with E-state index in [4.69, 9.17) is 4.74 Å². The van der Waals surface area contributed by atoms with Crippen molar-refractivity contribution in [1.29, 1.82) is 0 Å². The summed E-state index contributed by atoms with van der Waals surface area (Å²) in [6.07, 6.45) is 1.61.